The van der Waals surface area contributed by atoms with Gasteiger partial charge in [-0.05, 0) is 19.4 Å². The van der Waals surface area contributed by atoms with E-state index in [0.717, 1.165) is 22.7 Å². The molecule has 0 fully saturated rings. The number of carbonyl (C=O) groups excluding carboxylic acids is 2. The average Bonchev–Trinajstić information content (AvgIpc) is 3.27. The second-order valence-corrected chi connectivity index (χ2v) is 8.87. The number of ether oxygens (including phenoxy) is 1. The van der Waals surface area contributed by atoms with Crippen LogP contribution in [0.3, 0.4) is 0 Å². The van der Waals surface area contributed by atoms with Crippen molar-refractivity contribution in [1.29, 1.82) is 0 Å². The summed E-state index contributed by atoms with van der Waals surface area (Å²) in [7, 11) is 0. The molecule has 3 rings (SSSR count). The van der Waals surface area contributed by atoms with Gasteiger partial charge in [0.15, 0.2) is 5.16 Å². The van der Waals surface area contributed by atoms with Gasteiger partial charge in [0.1, 0.15) is 20.7 Å². The molecule has 31 heavy (non-hydrogen) atoms. The van der Waals surface area contributed by atoms with Gasteiger partial charge in [0.25, 0.3) is 0 Å². The molecule has 1 amide bonds. The van der Waals surface area contributed by atoms with Crippen LogP contribution in [0.1, 0.15) is 23.1 Å². The van der Waals surface area contributed by atoms with E-state index < -0.39 is 5.97 Å². The van der Waals surface area contributed by atoms with Crippen LogP contribution in [-0.2, 0) is 16.1 Å². The van der Waals surface area contributed by atoms with Crippen molar-refractivity contribution in [3.63, 3.8) is 0 Å². The normalized spacial score (nSPS) is 10.7. The third-order valence-corrected chi connectivity index (χ3v) is 6.49. The number of aromatic nitrogens is 3. The van der Waals surface area contributed by atoms with Gasteiger partial charge in [0.2, 0.25) is 5.91 Å². The number of amides is 1. The number of benzene rings is 1. The highest BCUT2D eigenvalue weighted by Gasteiger charge is 2.26. The van der Waals surface area contributed by atoms with Gasteiger partial charge >= 0.3 is 5.97 Å². The molecule has 7 nitrogen and oxygen atoms in total. The summed E-state index contributed by atoms with van der Waals surface area (Å²) in [5, 5.41) is 11.9. The molecule has 2 heterocycles. The molecular formula is C21H21ClN4O3S2. The van der Waals surface area contributed by atoms with Crippen molar-refractivity contribution in [2.24, 2.45) is 0 Å². The number of rotatable bonds is 9. The van der Waals surface area contributed by atoms with Crippen LogP contribution in [0.25, 0.3) is 11.1 Å². The number of aryl methyl sites for hydroxylation is 1. The molecule has 0 aliphatic heterocycles. The highest BCUT2D eigenvalue weighted by atomic mass is 35.5. The standard InChI is InChI=1S/C21H21ClN4O3S2/c1-4-11-26-13(3)24-25-21(26)30-12-15(27)23-19-17(20(28)29-5-2)16(18(22)31-19)14-9-7-6-8-10-14/h4,6-10H,1,5,11-12H2,2-3H3,(H,23,27). The van der Waals surface area contributed by atoms with Gasteiger partial charge in [-0.15, -0.1) is 28.1 Å². The summed E-state index contributed by atoms with van der Waals surface area (Å²) in [5.41, 5.74) is 1.58. The molecule has 0 atom stereocenters. The monoisotopic (exact) mass is 476 g/mol. The number of thioether (sulfide) groups is 1. The van der Waals surface area contributed by atoms with Crippen LogP contribution in [0.4, 0.5) is 5.00 Å². The van der Waals surface area contributed by atoms with E-state index in [0.29, 0.717) is 26.6 Å². The van der Waals surface area contributed by atoms with Gasteiger partial charge in [-0.3, -0.25) is 4.79 Å². The molecular weight excluding hydrogens is 456 g/mol. The summed E-state index contributed by atoms with van der Waals surface area (Å²) in [5.74, 6) is 0.00548. The molecule has 0 saturated heterocycles. The fraction of sp³-hybridized carbons (Fsp3) is 0.238. The molecule has 0 saturated carbocycles. The number of hydrogen-bond donors (Lipinski definition) is 1. The molecule has 0 spiro atoms. The summed E-state index contributed by atoms with van der Waals surface area (Å²) in [6.45, 7) is 8.05. The first-order valence-electron chi connectivity index (χ1n) is 9.44. The van der Waals surface area contributed by atoms with Crippen LogP contribution < -0.4 is 5.32 Å². The highest BCUT2D eigenvalue weighted by molar-refractivity contribution is 7.99. The van der Waals surface area contributed by atoms with Crippen molar-refractivity contribution in [1.82, 2.24) is 14.8 Å². The number of nitrogens with zero attached hydrogens (tertiary/aromatic N) is 3. The largest absolute Gasteiger partial charge is 0.462 e. The second-order valence-electron chi connectivity index (χ2n) is 6.31. The van der Waals surface area contributed by atoms with Gasteiger partial charge in [-0.2, -0.15) is 0 Å². The first-order chi connectivity index (χ1) is 15.0. The Balaban J connectivity index is 1.83. The predicted molar refractivity (Wildman–Crippen MR) is 125 cm³/mol. The van der Waals surface area contributed by atoms with Crippen molar-refractivity contribution >= 4 is 51.6 Å². The Bertz CT molecular complexity index is 1100. The van der Waals surface area contributed by atoms with E-state index in [1.807, 2.05) is 41.8 Å². The third kappa shape index (κ3) is 5.36. The molecule has 0 unspecified atom stereocenters. The number of thiophene rings is 1. The summed E-state index contributed by atoms with van der Waals surface area (Å²) in [6.07, 6.45) is 1.74. The number of halogens is 1. The Labute approximate surface area is 193 Å². The number of esters is 1. The maximum atomic E-state index is 12.7. The SMILES string of the molecule is C=CCn1c(C)nnc1SCC(=O)Nc1sc(Cl)c(-c2ccccc2)c1C(=O)OCC. The number of hydrogen-bond acceptors (Lipinski definition) is 7. The lowest BCUT2D eigenvalue weighted by Gasteiger charge is -2.09. The van der Waals surface area contributed by atoms with E-state index >= 15 is 0 Å². The van der Waals surface area contributed by atoms with Crippen molar-refractivity contribution in [2.75, 3.05) is 17.7 Å². The van der Waals surface area contributed by atoms with Gasteiger partial charge in [0.05, 0.1) is 12.4 Å². The van der Waals surface area contributed by atoms with E-state index in [9.17, 15) is 9.59 Å². The second kappa shape index (κ2) is 10.6. The average molecular weight is 477 g/mol. The van der Waals surface area contributed by atoms with Crippen LogP contribution in [-0.4, -0.2) is 39.0 Å². The van der Waals surface area contributed by atoms with Gasteiger partial charge in [-0.1, -0.05) is 59.8 Å². The zero-order valence-electron chi connectivity index (χ0n) is 17.1. The summed E-state index contributed by atoms with van der Waals surface area (Å²) >= 11 is 8.85. The van der Waals surface area contributed by atoms with Gasteiger partial charge in [-0.25, -0.2) is 4.79 Å². The van der Waals surface area contributed by atoms with Crippen molar-refractivity contribution in [3.8, 4) is 11.1 Å². The van der Waals surface area contributed by atoms with E-state index in [4.69, 9.17) is 16.3 Å². The zero-order chi connectivity index (χ0) is 22.4. The third-order valence-electron chi connectivity index (χ3n) is 4.21. The lowest BCUT2D eigenvalue weighted by atomic mass is 10.0. The first kappa shape index (κ1) is 23.1. The van der Waals surface area contributed by atoms with Crippen LogP contribution in [0.5, 0.6) is 0 Å². The Morgan fingerprint density at radius 3 is 2.74 bits per heavy atom. The minimum absolute atomic E-state index is 0.0910. The topological polar surface area (TPSA) is 86.1 Å². The number of carbonyl (C=O) groups is 2. The Kier molecular flexibility index (Phi) is 7.89. The smallest absolute Gasteiger partial charge is 0.341 e. The van der Waals surface area contributed by atoms with Gasteiger partial charge in [0, 0.05) is 12.1 Å². The Morgan fingerprint density at radius 2 is 2.06 bits per heavy atom. The Hall–Kier alpha value is -2.62. The fourth-order valence-corrected chi connectivity index (χ4v) is 5.03. The minimum Gasteiger partial charge on any atom is -0.462 e. The Morgan fingerprint density at radius 1 is 1.32 bits per heavy atom. The molecule has 0 radical (unpaired) electrons. The lowest BCUT2D eigenvalue weighted by Crippen LogP contribution is -2.17. The van der Waals surface area contributed by atoms with Crippen molar-refractivity contribution in [2.45, 2.75) is 25.5 Å². The molecule has 162 valence electrons. The number of allylic oxidation sites excluding steroid dienone is 1. The molecule has 0 aliphatic carbocycles. The molecule has 2 aromatic heterocycles. The predicted octanol–water partition coefficient (Wildman–Crippen LogP) is 5.06. The van der Waals surface area contributed by atoms with Crippen LogP contribution in [0.15, 0.2) is 48.1 Å². The lowest BCUT2D eigenvalue weighted by molar-refractivity contribution is -0.113. The molecule has 3 aromatic rings. The van der Waals surface area contributed by atoms with Gasteiger partial charge < -0.3 is 14.6 Å². The fourth-order valence-electron chi connectivity index (χ4n) is 2.85. The molecule has 1 aromatic carbocycles. The number of anilines is 1. The molecule has 10 heteroatoms. The zero-order valence-corrected chi connectivity index (χ0v) is 19.4. The van der Waals surface area contributed by atoms with E-state index in [2.05, 4.69) is 22.1 Å². The van der Waals surface area contributed by atoms with Crippen molar-refractivity contribution < 1.29 is 14.3 Å². The van der Waals surface area contributed by atoms with Crippen LogP contribution >= 0.6 is 34.7 Å². The summed E-state index contributed by atoms with van der Waals surface area (Å²) in [6, 6.07) is 9.30. The molecule has 1 N–H and O–H groups in total. The van der Waals surface area contributed by atoms with Crippen LogP contribution in [0, 0.1) is 6.92 Å². The summed E-state index contributed by atoms with van der Waals surface area (Å²) < 4.78 is 7.49. The van der Waals surface area contributed by atoms with Crippen LogP contribution in [0.2, 0.25) is 4.34 Å². The maximum absolute atomic E-state index is 12.7. The first-order valence-corrected chi connectivity index (χ1v) is 11.6. The number of nitrogens with one attached hydrogen (secondary N) is 1. The van der Waals surface area contributed by atoms with Crippen molar-refractivity contribution in [3.05, 3.63) is 58.7 Å². The van der Waals surface area contributed by atoms with E-state index in [1.54, 1.807) is 13.0 Å². The molecule has 0 bridgehead atoms. The highest BCUT2D eigenvalue weighted by Crippen LogP contribution is 2.44. The maximum Gasteiger partial charge on any atom is 0.341 e. The quantitative estimate of drug-likeness (QED) is 0.264. The minimum atomic E-state index is -0.534. The van der Waals surface area contributed by atoms with E-state index in [1.165, 1.54) is 11.8 Å². The molecule has 0 aliphatic rings. The van der Waals surface area contributed by atoms with E-state index in [-0.39, 0.29) is 23.8 Å². The summed E-state index contributed by atoms with van der Waals surface area (Å²) in [4.78, 5) is 25.3.